The molecule has 0 aromatic heterocycles. The SMILES string of the molecule is CCN(C(=O)N/C=C/c1ccccc1Br)c1ccccc1. The van der Waals surface area contributed by atoms with E-state index in [1.807, 2.05) is 67.6 Å². The maximum absolute atomic E-state index is 12.2. The zero-order chi connectivity index (χ0) is 15.1. The van der Waals surface area contributed by atoms with Gasteiger partial charge in [-0.05, 0) is 36.8 Å². The summed E-state index contributed by atoms with van der Waals surface area (Å²) in [5, 5.41) is 2.79. The van der Waals surface area contributed by atoms with Crippen LogP contribution < -0.4 is 10.2 Å². The first-order valence-electron chi connectivity index (χ1n) is 6.76. The maximum Gasteiger partial charge on any atom is 0.325 e. The number of carbonyl (C=O) groups excluding carboxylic acids is 1. The summed E-state index contributed by atoms with van der Waals surface area (Å²) in [6.07, 6.45) is 3.52. The van der Waals surface area contributed by atoms with Gasteiger partial charge < -0.3 is 5.32 Å². The second-order valence-electron chi connectivity index (χ2n) is 4.38. The number of carbonyl (C=O) groups is 1. The highest BCUT2D eigenvalue weighted by Gasteiger charge is 2.11. The second kappa shape index (κ2) is 7.64. The first-order valence-corrected chi connectivity index (χ1v) is 7.56. The lowest BCUT2D eigenvalue weighted by atomic mass is 10.2. The smallest absolute Gasteiger partial charge is 0.314 e. The molecule has 2 rings (SSSR count). The summed E-state index contributed by atoms with van der Waals surface area (Å²) in [7, 11) is 0. The Labute approximate surface area is 133 Å². The third-order valence-corrected chi connectivity index (χ3v) is 3.73. The average molecular weight is 345 g/mol. The molecule has 2 aromatic carbocycles. The molecule has 0 bridgehead atoms. The van der Waals surface area contributed by atoms with Gasteiger partial charge in [-0.15, -0.1) is 0 Å². The molecular formula is C17H17BrN2O. The lowest BCUT2D eigenvalue weighted by molar-refractivity contribution is 0.249. The number of rotatable bonds is 4. The van der Waals surface area contributed by atoms with Crippen LogP contribution in [-0.4, -0.2) is 12.6 Å². The number of nitrogens with zero attached hydrogens (tertiary/aromatic N) is 1. The third-order valence-electron chi connectivity index (χ3n) is 3.00. The predicted octanol–water partition coefficient (Wildman–Crippen LogP) is 4.66. The van der Waals surface area contributed by atoms with Crippen molar-refractivity contribution in [3.63, 3.8) is 0 Å². The fourth-order valence-corrected chi connectivity index (χ4v) is 2.36. The quantitative estimate of drug-likeness (QED) is 0.859. The van der Waals surface area contributed by atoms with Gasteiger partial charge in [0.1, 0.15) is 0 Å². The molecule has 0 unspecified atom stereocenters. The van der Waals surface area contributed by atoms with Crippen molar-refractivity contribution >= 4 is 33.7 Å². The molecule has 0 aliphatic heterocycles. The second-order valence-corrected chi connectivity index (χ2v) is 5.24. The molecule has 0 radical (unpaired) electrons. The normalized spacial score (nSPS) is 10.6. The van der Waals surface area contributed by atoms with Crippen LogP contribution in [-0.2, 0) is 0 Å². The Hall–Kier alpha value is -2.07. The highest BCUT2D eigenvalue weighted by molar-refractivity contribution is 9.10. The van der Waals surface area contributed by atoms with Gasteiger partial charge in [-0.1, -0.05) is 52.3 Å². The third kappa shape index (κ3) is 4.20. The van der Waals surface area contributed by atoms with Gasteiger partial charge in [-0.25, -0.2) is 4.79 Å². The number of para-hydroxylation sites is 1. The molecule has 2 aromatic rings. The fourth-order valence-electron chi connectivity index (χ4n) is 1.94. The number of nitrogens with one attached hydrogen (secondary N) is 1. The molecule has 3 nitrogen and oxygen atoms in total. The van der Waals surface area contributed by atoms with E-state index < -0.39 is 0 Å². The van der Waals surface area contributed by atoms with Gasteiger partial charge in [-0.3, -0.25) is 4.90 Å². The van der Waals surface area contributed by atoms with Crippen molar-refractivity contribution in [3.8, 4) is 0 Å². The van der Waals surface area contributed by atoms with E-state index in [0.29, 0.717) is 6.54 Å². The number of amides is 2. The summed E-state index contributed by atoms with van der Waals surface area (Å²) in [6.45, 7) is 2.56. The molecule has 4 heteroatoms. The van der Waals surface area contributed by atoms with Crippen LogP contribution in [0.4, 0.5) is 10.5 Å². The minimum atomic E-state index is -0.146. The van der Waals surface area contributed by atoms with Crippen LogP contribution in [0.5, 0.6) is 0 Å². The molecule has 0 fully saturated rings. The summed E-state index contributed by atoms with van der Waals surface area (Å²) in [5.74, 6) is 0. The van der Waals surface area contributed by atoms with E-state index in [1.54, 1.807) is 11.1 Å². The van der Waals surface area contributed by atoms with E-state index in [4.69, 9.17) is 0 Å². The van der Waals surface area contributed by atoms with E-state index in [-0.39, 0.29) is 6.03 Å². The Morgan fingerprint density at radius 2 is 1.81 bits per heavy atom. The van der Waals surface area contributed by atoms with Crippen molar-refractivity contribution in [2.24, 2.45) is 0 Å². The van der Waals surface area contributed by atoms with Gasteiger partial charge >= 0.3 is 6.03 Å². The van der Waals surface area contributed by atoms with E-state index in [9.17, 15) is 4.79 Å². The van der Waals surface area contributed by atoms with E-state index in [2.05, 4.69) is 21.2 Å². The summed E-state index contributed by atoms with van der Waals surface area (Å²) in [6, 6.07) is 17.3. The van der Waals surface area contributed by atoms with Crippen LogP contribution in [0.15, 0.2) is 65.3 Å². The number of hydrogen-bond donors (Lipinski definition) is 1. The Morgan fingerprint density at radius 1 is 1.14 bits per heavy atom. The van der Waals surface area contributed by atoms with Gasteiger partial charge in [0, 0.05) is 22.9 Å². The lowest BCUT2D eigenvalue weighted by Crippen LogP contribution is -2.37. The van der Waals surface area contributed by atoms with Gasteiger partial charge in [0.05, 0.1) is 0 Å². The summed E-state index contributed by atoms with van der Waals surface area (Å²) in [4.78, 5) is 13.9. The van der Waals surface area contributed by atoms with Crippen LogP contribution in [0, 0.1) is 0 Å². The summed E-state index contributed by atoms with van der Waals surface area (Å²) < 4.78 is 0.992. The largest absolute Gasteiger partial charge is 0.325 e. The van der Waals surface area contributed by atoms with Gasteiger partial charge in [0.15, 0.2) is 0 Å². The van der Waals surface area contributed by atoms with E-state index in [1.165, 1.54) is 0 Å². The van der Waals surface area contributed by atoms with Crippen molar-refractivity contribution in [1.82, 2.24) is 5.32 Å². The van der Waals surface area contributed by atoms with Gasteiger partial charge in [0.25, 0.3) is 0 Å². The standard InChI is InChI=1S/C17H17BrN2O/c1-2-20(15-9-4-3-5-10-15)17(21)19-13-12-14-8-6-7-11-16(14)18/h3-13H,2H2,1H3,(H,19,21)/b13-12+. The number of benzene rings is 2. The van der Waals surface area contributed by atoms with Crippen LogP contribution in [0.2, 0.25) is 0 Å². The average Bonchev–Trinajstić information content (AvgIpc) is 2.51. The molecule has 0 saturated carbocycles. The Kier molecular flexibility index (Phi) is 5.58. The monoisotopic (exact) mass is 344 g/mol. The van der Waals surface area contributed by atoms with E-state index >= 15 is 0 Å². The number of urea groups is 1. The maximum atomic E-state index is 12.2. The molecule has 0 aliphatic rings. The van der Waals surface area contributed by atoms with Crippen molar-refractivity contribution in [1.29, 1.82) is 0 Å². The fraction of sp³-hybridized carbons (Fsp3) is 0.118. The highest BCUT2D eigenvalue weighted by atomic mass is 79.9. The van der Waals surface area contributed by atoms with Crippen LogP contribution in [0.1, 0.15) is 12.5 Å². The van der Waals surface area contributed by atoms with Gasteiger partial charge in [0.2, 0.25) is 0 Å². The molecule has 0 aliphatic carbocycles. The van der Waals surface area contributed by atoms with Crippen molar-refractivity contribution in [3.05, 3.63) is 70.8 Å². The molecule has 1 N–H and O–H groups in total. The molecular weight excluding hydrogens is 328 g/mol. The van der Waals surface area contributed by atoms with Crippen LogP contribution in [0.3, 0.4) is 0 Å². The Morgan fingerprint density at radius 3 is 2.48 bits per heavy atom. The summed E-state index contributed by atoms with van der Waals surface area (Å²) in [5.41, 5.74) is 1.90. The molecule has 0 heterocycles. The number of anilines is 1. The lowest BCUT2D eigenvalue weighted by Gasteiger charge is -2.20. The predicted molar refractivity (Wildman–Crippen MR) is 91.2 cm³/mol. The van der Waals surface area contributed by atoms with Crippen molar-refractivity contribution < 1.29 is 4.79 Å². The summed E-state index contributed by atoms with van der Waals surface area (Å²) >= 11 is 3.47. The highest BCUT2D eigenvalue weighted by Crippen LogP contribution is 2.17. The topological polar surface area (TPSA) is 32.3 Å². The number of hydrogen-bond acceptors (Lipinski definition) is 1. The van der Waals surface area contributed by atoms with Crippen molar-refractivity contribution in [2.75, 3.05) is 11.4 Å². The minimum absolute atomic E-state index is 0.146. The Balaban J connectivity index is 2.02. The minimum Gasteiger partial charge on any atom is -0.314 e. The number of halogens is 1. The molecule has 2 amide bonds. The van der Waals surface area contributed by atoms with E-state index in [0.717, 1.165) is 15.7 Å². The molecule has 108 valence electrons. The first-order chi connectivity index (χ1) is 10.2. The molecule has 0 atom stereocenters. The molecule has 0 saturated heterocycles. The van der Waals surface area contributed by atoms with Gasteiger partial charge in [-0.2, -0.15) is 0 Å². The van der Waals surface area contributed by atoms with Crippen LogP contribution in [0.25, 0.3) is 6.08 Å². The Bertz CT molecular complexity index is 626. The molecule has 21 heavy (non-hydrogen) atoms. The molecule has 0 spiro atoms. The van der Waals surface area contributed by atoms with Crippen molar-refractivity contribution in [2.45, 2.75) is 6.92 Å². The van der Waals surface area contributed by atoms with Crippen LogP contribution >= 0.6 is 15.9 Å². The first kappa shape index (κ1) is 15.3. The zero-order valence-electron chi connectivity index (χ0n) is 11.8. The zero-order valence-corrected chi connectivity index (χ0v) is 13.4.